The summed E-state index contributed by atoms with van der Waals surface area (Å²) in [6, 6.07) is 3.47. The molecule has 0 aromatic carbocycles. The van der Waals surface area contributed by atoms with Gasteiger partial charge in [0.15, 0.2) is 8.32 Å². The summed E-state index contributed by atoms with van der Waals surface area (Å²) in [5, 5.41) is 10.2. The van der Waals surface area contributed by atoms with E-state index in [1.165, 1.54) is 5.57 Å². The molecule has 0 heterocycles. The quantitative estimate of drug-likeness (QED) is 0.200. The molecule has 0 unspecified atom stereocenters. The maximum atomic E-state index is 10.2. The Balaban J connectivity index is 5.62. The van der Waals surface area contributed by atoms with Crippen molar-refractivity contribution in [1.82, 2.24) is 0 Å². The van der Waals surface area contributed by atoms with Gasteiger partial charge in [-0.2, -0.15) is 0 Å². The first-order valence-electron chi connectivity index (χ1n) is 9.26. The van der Waals surface area contributed by atoms with Crippen molar-refractivity contribution in [3.8, 4) is 0 Å². The van der Waals surface area contributed by atoms with Crippen LogP contribution in [-0.2, 0) is 4.43 Å². The van der Waals surface area contributed by atoms with Gasteiger partial charge in [-0.1, -0.05) is 62.4 Å². The molecule has 0 radical (unpaired) electrons. The van der Waals surface area contributed by atoms with Crippen molar-refractivity contribution >= 4 is 30.9 Å². The van der Waals surface area contributed by atoms with Gasteiger partial charge in [0.2, 0.25) is 0 Å². The van der Waals surface area contributed by atoms with Crippen molar-refractivity contribution in [1.29, 1.82) is 0 Å². The SMILES string of the molecule is C=CC[C@H](O)/C(C)=C/[C@H](CC)[C@@H](O[Si](CC)(CC)CC)/C(C)=C/I. The van der Waals surface area contributed by atoms with Gasteiger partial charge in [-0.05, 0) is 60.1 Å². The standard InChI is InChI=1S/C20H37IO2Si/c1-8-13-19(22)16(6)14-18(9-2)20(17(7)15-21)23-24(10-3,11-4)12-5/h8,14-15,18-20,22H,1,9-13H2,2-7H3/b16-14+,17-15+/t18-,19-,20-/m0/s1. The Morgan fingerprint density at radius 3 is 2.04 bits per heavy atom. The van der Waals surface area contributed by atoms with Crippen LogP contribution in [0.15, 0.2) is 34.0 Å². The van der Waals surface area contributed by atoms with Gasteiger partial charge in [0.05, 0.1) is 12.2 Å². The van der Waals surface area contributed by atoms with Gasteiger partial charge in [-0.25, -0.2) is 0 Å². The largest absolute Gasteiger partial charge is 0.410 e. The molecular weight excluding hydrogens is 427 g/mol. The van der Waals surface area contributed by atoms with E-state index in [2.05, 4.69) is 73.9 Å². The van der Waals surface area contributed by atoms with Crippen LogP contribution in [-0.4, -0.2) is 25.6 Å². The van der Waals surface area contributed by atoms with Crippen LogP contribution < -0.4 is 0 Å². The number of hydrogen-bond donors (Lipinski definition) is 1. The molecule has 0 aliphatic rings. The predicted molar refractivity (Wildman–Crippen MR) is 118 cm³/mol. The third-order valence-electron chi connectivity index (χ3n) is 5.18. The van der Waals surface area contributed by atoms with Crippen LogP contribution >= 0.6 is 22.6 Å². The summed E-state index contributed by atoms with van der Waals surface area (Å²) in [5.41, 5.74) is 2.31. The summed E-state index contributed by atoms with van der Waals surface area (Å²) in [7, 11) is -1.68. The lowest BCUT2D eigenvalue weighted by Crippen LogP contribution is -2.42. The molecule has 0 aliphatic carbocycles. The highest BCUT2D eigenvalue weighted by atomic mass is 127. The van der Waals surface area contributed by atoms with Gasteiger partial charge < -0.3 is 9.53 Å². The first-order chi connectivity index (χ1) is 11.3. The lowest BCUT2D eigenvalue weighted by atomic mass is 9.91. The van der Waals surface area contributed by atoms with E-state index < -0.39 is 14.4 Å². The van der Waals surface area contributed by atoms with Crippen LogP contribution in [0, 0.1) is 5.92 Å². The van der Waals surface area contributed by atoms with E-state index in [4.69, 9.17) is 4.43 Å². The lowest BCUT2D eigenvalue weighted by molar-refractivity contribution is 0.170. The molecule has 0 bridgehead atoms. The minimum Gasteiger partial charge on any atom is -0.410 e. The minimum atomic E-state index is -1.68. The van der Waals surface area contributed by atoms with Crippen LogP contribution in [0.1, 0.15) is 54.4 Å². The fraction of sp³-hybridized carbons (Fsp3) is 0.700. The van der Waals surface area contributed by atoms with E-state index in [1.54, 1.807) is 6.08 Å². The summed E-state index contributed by atoms with van der Waals surface area (Å²) in [5.74, 6) is 0.298. The van der Waals surface area contributed by atoms with Crippen LogP contribution in [0.5, 0.6) is 0 Å². The Bertz CT molecular complexity index is 419. The molecule has 24 heavy (non-hydrogen) atoms. The second kappa shape index (κ2) is 12.4. The van der Waals surface area contributed by atoms with E-state index in [-0.39, 0.29) is 6.10 Å². The molecule has 140 valence electrons. The van der Waals surface area contributed by atoms with Crippen molar-refractivity contribution in [3.05, 3.63) is 34.0 Å². The normalized spacial score (nSPS) is 17.5. The summed E-state index contributed by atoms with van der Waals surface area (Å²) in [4.78, 5) is 0. The summed E-state index contributed by atoms with van der Waals surface area (Å²) < 4.78 is 9.00. The Morgan fingerprint density at radius 1 is 1.12 bits per heavy atom. The Kier molecular flexibility index (Phi) is 12.5. The van der Waals surface area contributed by atoms with E-state index >= 15 is 0 Å². The van der Waals surface area contributed by atoms with Crippen LogP contribution in [0.3, 0.4) is 0 Å². The zero-order chi connectivity index (χ0) is 18.8. The Hall–Kier alpha value is 0.0869. The van der Waals surface area contributed by atoms with E-state index in [0.717, 1.165) is 30.1 Å². The second-order valence-electron chi connectivity index (χ2n) is 6.66. The first kappa shape index (κ1) is 24.1. The highest BCUT2D eigenvalue weighted by molar-refractivity contribution is 14.1. The molecule has 0 saturated carbocycles. The van der Waals surface area contributed by atoms with Crippen LogP contribution in [0.4, 0.5) is 0 Å². The van der Waals surface area contributed by atoms with E-state index in [1.807, 2.05) is 6.92 Å². The molecule has 3 atom stereocenters. The maximum Gasteiger partial charge on any atom is 0.192 e. The van der Waals surface area contributed by atoms with Crippen molar-refractivity contribution < 1.29 is 9.53 Å². The zero-order valence-corrected chi connectivity index (χ0v) is 19.6. The maximum absolute atomic E-state index is 10.2. The highest BCUT2D eigenvalue weighted by Crippen LogP contribution is 2.32. The number of aliphatic hydroxyl groups is 1. The molecular formula is C20H37IO2Si. The molecule has 0 fully saturated rings. The van der Waals surface area contributed by atoms with Gasteiger partial charge in [-0.15, -0.1) is 6.58 Å². The van der Waals surface area contributed by atoms with Crippen molar-refractivity contribution in [3.63, 3.8) is 0 Å². The third kappa shape index (κ3) is 7.14. The smallest absolute Gasteiger partial charge is 0.192 e. The number of aliphatic hydroxyl groups excluding tert-OH is 1. The van der Waals surface area contributed by atoms with Gasteiger partial charge >= 0.3 is 0 Å². The summed E-state index contributed by atoms with van der Waals surface area (Å²) in [6.45, 7) is 16.9. The number of rotatable bonds is 12. The fourth-order valence-corrected chi connectivity index (χ4v) is 6.32. The molecule has 1 N–H and O–H groups in total. The average Bonchev–Trinajstić information content (AvgIpc) is 2.61. The molecule has 0 rings (SSSR count). The first-order valence-corrected chi connectivity index (χ1v) is 13.0. The molecule has 0 aliphatic heterocycles. The van der Waals surface area contributed by atoms with Crippen LogP contribution in [0.2, 0.25) is 18.1 Å². The topological polar surface area (TPSA) is 29.5 Å². The summed E-state index contributed by atoms with van der Waals surface area (Å²) in [6.07, 6.45) is 5.28. The Labute approximate surface area is 164 Å². The van der Waals surface area contributed by atoms with Crippen LogP contribution in [0.25, 0.3) is 0 Å². The molecule has 2 nitrogen and oxygen atoms in total. The molecule has 0 saturated heterocycles. The van der Waals surface area contributed by atoms with Gasteiger partial charge in [-0.3, -0.25) is 0 Å². The Morgan fingerprint density at radius 2 is 1.67 bits per heavy atom. The van der Waals surface area contributed by atoms with E-state index in [0.29, 0.717) is 12.3 Å². The summed E-state index contributed by atoms with van der Waals surface area (Å²) >= 11 is 2.32. The third-order valence-corrected chi connectivity index (χ3v) is 10.8. The molecule has 4 heteroatoms. The second-order valence-corrected chi connectivity index (χ2v) is 12.0. The number of hydrogen-bond acceptors (Lipinski definition) is 2. The minimum absolute atomic E-state index is 0.115. The van der Waals surface area contributed by atoms with Crippen molar-refractivity contribution in [2.45, 2.75) is 84.7 Å². The fourth-order valence-electron chi connectivity index (χ4n) is 3.06. The molecule has 0 aromatic rings. The lowest BCUT2D eigenvalue weighted by Gasteiger charge is -2.37. The monoisotopic (exact) mass is 464 g/mol. The predicted octanol–water partition coefficient (Wildman–Crippen LogP) is 6.63. The molecule has 0 amide bonds. The van der Waals surface area contributed by atoms with Crippen molar-refractivity contribution in [2.24, 2.45) is 5.92 Å². The van der Waals surface area contributed by atoms with Crippen molar-refractivity contribution in [2.75, 3.05) is 0 Å². The average molecular weight is 465 g/mol. The number of halogens is 1. The highest BCUT2D eigenvalue weighted by Gasteiger charge is 2.34. The van der Waals surface area contributed by atoms with E-state index in [9.17, 15) is 5.11 Å². The molecule has 0 spiro atoms. The van der Waals surface area contributed by atoms with Gasteiger partial charge in [0, 0.05) is 5.92 Å². The van der Waals surface area contributed by atoms with Gasteiger partial charge in [0.25, 0.3) is 0 Å². The molecule has 0 aromatic heterocycles. The zero-order valence-electron chi connectivity index (χ0n) is 16.4. The van der Waals surface area contributed by atoms with Gasteiger partial charge in [0.1, 0.15) is 0 Å².